The fourth-order valence-electron chi connectivity index (χ4n) is 0.853. The second kappa shape index (κ2) is 2.62. The summed E-state index contributed by atoms with van der Waals surface area (Å²) in [5.41, 5.74) is 0. The minimum atomic E-state index is 0.778. The van der Waals surface area contributed by atoms with Gasteiger partial charge in [-0.05, 0) is 0 Å². The molecular weight excluding hydrogens is 89.8 g/mol. The molecule has 0 unspecified atom stereocenters. The average Bonchev–Trinajstić information content (AvgIpc) is 1.77. The molecule has 0 radical (unpaired) electrons. The van der Waals surface area contributed by atoms with Crippen molar-refractivity contribution >= 4 is 24.4 Å². The van der Waals surface area contributed by atoms with Gasteiger partial charge in [-0.3, -0.25) is 0 Å². The van der Waals surface area contributed by atoms with Crippen molar-refractivity contribution in [2.45, 2.75) is 13.1 Å². The predicted octanol–water partition coefficient (Wildman–Crippen LogP) is 1.27. The van der Waals surface area contributed by atoms with Crippen LogP contribution in [-0.4, -0.2) is 24.4 Å². The van der Waals surface area contributed by atoms with E-state index >= 15 is 0 Å². The van der Waals surface area contributed by atoms with E-state index < -0.39 is 0 Å². The zero-order valence-corrected chi connectivity index (χ0v) is 5.52. The van der Waals surface area contributed by atoms with Crippen LogP contribution in [0.1, 0.15) is 0 Å². The van der Waals surface area contributed by atoms with Crippen LogP contribution in [0.4, 0.5) is 0 Å². The maximum absolute atomic E-state index is 2.26. The summed E-state index contributed by atoms with van der Waals surface area (Å²) < 4.78 is 1.51. The molecule has 1 rings (SSSR count). The quantitative estimate of drug-likeness (QED) is 0.400. The van der Waals surface area contributed by atoms with Crippen LogP contribution >= 0.6 is 0 Å². The van der Waals surface area contributed by atoms with Gasteiger partial charge >= 0.3 is 59.9 Å². The van der Waals surface area contributed by atoms with E-state index in [0.29, 0.717) is 0 Å². The normalized spacial score (nSPS) is 18.9. The standard InChI is InChI=1S/C6H8B.Li/c1-7-5-3-2-4-6-7;/h2-4H,5H2,1H3;. The van der Waals surface area contributed by atoms with Crippen LogP contribution in [0, 0.1) is 0 Å². The van der Waals surface area contributed by atoms with Gasteiger partial charge < -0.3 is 0 Å². The van der Waals surface area contributed by atoms with Gasteiger partial charge in [0.2, 0.25) is 0 Å². The topological polar surface area (TPSA) is 0 Å². The Balaban J connectivity index is 2.66. The minimum absolute atomic E-state index is 0.778. The molecule has 8 heavy (non-hydrogen) atoms. The molecule has 0 aliphatic carbocycles. The summed E-state index contributed by atoms with van der Waals surface area (Å²) in [5.74, 6) is 0. The van der Waals surface area contributed by atoms with Crippen molar-refractivity contribution in [2.24, 2.45) is 0 Å². The molecule has 0 bridgehead atoms. The fourth-order valence-corrected chi connectivity index (χ4v) is 0.853. The van der Waals surface area contributed by atoms with Crippen molar-refractivity contribution in [3.05, 3.63) is 22.4 Å². The number of rotatable bonds is 0. The van der Waals surface area contributed by atoms with Crippen molar-refractivity contribution in [3.63, 3.8) is 0 Å². The zero-order chi connectivity index (χ0) is 5.98. The molecular formula is C6H8BLi. The first-order valence-electron chi connectivity index (χ1n) is 3.14. The Morgan fingerprint density at radius 1 is 1.75 bits per heavy atom. The molecule has 0 aromatic carbocycles. The van der Waals surface area contributed by atoms with E-state index in [0.717, 1.165) is 6.71 Å². The van der Waals surface area contributed by atoms with Gasteiger partial charge in [-0.2, -0.15) is 0 Å². The van der Waals surface area contributed by atoms with Crippen molar-refractivity contribution in [3.8, 4) is 0 Å². The van der Waals surface area contributed by atoms with E-state index in [4.69, 9.17) is 0 Å². The van der Waals surface area contributed by atoms with Crippen LogP contribution in [-0.2, 0) is 0 Å². The number of hydrogen-bond donors (Lipinski definition) is 0. The summed E-state index contributed by atoms with van der Waals surface area (Å²) in [4.78, 5) is 0. The molecule has 1 aliphatic heterocycles. The Kier molecular flexibility index (Phi) is 2.05. The van der Waals surface area contributed by atoms with Crippen molar-refractivity contribution in [1.29, 1.82) is 0 Å². The van der Waals surface area contributed by atoms with Crippen LogP contribution in [0.15, 0.2) is 22.4 Å². The third kappa shape index (κ3) is 1.31. The molecule has 0 nitrogen and oxygen atoms in total. The zero-order valence-electron chi connectivity index (χ0n) is 5.52. The first-order chi connectivity index (χ1) is 3.80. The third-order valence-electron chi connectivity index (χ3n) is 1.76. The van der Waals surface area contributed by atoms with Gasteiger partial charge in [-0.15, -0.1) is 0 Å². The summed E-state index contributed by atoms with van der Waals surface area (Å²) in [6.07, 6.45) is 7.77. The molecule has 0 fully saturated rings. The van der Waals surface area contributed by atoms with Gasteiger partial charge in [0.05, 0.1) is 0 Å². The van der Waals surface area contributed by atoms with Gasteiger partial charge in [0.15, 0.2) is 0 Å². The van der Waals surface area contributed by atoms with E-state index in [2.05, 4.69) is 42.8 Å². The van der Waals surface area contributed by atoms with Crippen LogP contribution < -0.4 is 0 Å². The molecule has 0 amide bonds. The Morgan fingerprint density at radius 3 is 2.88 bits per heavy atom. The van der Waals surface area contributed by atoms with E-state index in [1.165, 1.54) is 10.5 Å². The third-order valence-corrected chi connectivity index (χ3v) is 1.76. The summed E-state index contributed by atoms with van der Waals surface area (Å²) in [6, 6.07) is 0. The SMILES string of the molecule is [Li][C]1=CC=CCB1C. The second-order valence-electron chi connectivity index (χ2n) is 2.48. The monoisotopic (exact) mass is 98.1 g/mol. The molecule has 0 saturated carbocycles. The van der Waals surface area contributed by atoms with Gasteiger partial charge in [0, 0.05) is 0 Å². The Bertz CT molecular complexity index is 137. The molecule has 0 aromatic heterocycles. The Morgan fingerprint density at radius 2 is 2.50 bits per heavy atom. The molecule has 0 saturated heterocycles. The van der Waals surface area contributed by atoms with Crippen LogP contribution in [0.5, 0.6) is 0 Å². The molecule has 0 N–H and O–H groups in total. The van der Waals surface area contributed by atoms with Gasteiger partial charge in [0.1, 0.15) is 0 Å². The predicted molar refractivity (Wildman–Crippen MR) is 39.4 cm³/mol. The van der Waals surface area contributed by atoms with E-state index in [1.807, 2.05) is 0 Å². The molecule has 2 heteroatoms. The Labute approximate surface area is 60.3 Å². The fraction of sp³-hybridized carbons (Fsp3) is 0.333. The van der Waals surface area contributed by atoms with Crippen LogP contribution in [0.25, 0.3) is 0 Å². The van der Waals surface area contributed by atoms with Crippen molar-refractivity contribution < 1.29 is 0 Å². The second-order valence-corrected chi connectivity index (χ2v) is 2.48. The van der Waals surface area contributed by atoms with Gasteiger partial charge in [0.25, 0.3) is 0 Å². The van der Waals surface area contributed by atoms with Crippen LogP contribution in [0.2, 0.25) is 13.1 Å². The molecule has 0 spiro atoms. The van der Waals surface area contributed by atoms with E-state index in [-0.39, 0.29) is 0 Å². The molecule has 1 heterocycles. The summed E-state index contributed by atoms with van der Waals surface area (Å²) in [6.45, 7) is 3.04. The molecule has 36 valence electrons. The number of allylic oxidation sites excluding steroid dienone is 3. The van der Waals surface area contributed by atoms with Crippen molar-refractivity contribution in [2.75, 3.05) is 0 Å². The van der Waals surface area contributed by atoms with Gasteiger partial charge in [-0.25, -0.2) is 0 Å². The van der Waals surface area contributed by atoms with Crippen molar-refractivity contribution in [1.82, 2.24) is 0 Å². The summed E-state index contributed by atoms with van der Waals surface area (Å²) in [7, 11) is 0. The summed E-state index contributed by atoms with van der Waals surface area (Å²) >= 11 is 2.19. The average molecular weight is 97.9 g/mol. The van der Waals surface area contributed by atoms with Gasteiger partial charge in [-0.1, -0.05) is 0 Å². The Hall–Kier alpha value is 0.142. The molecule has 0 aromatic rings. The first-order valence-corrected chi connectivity index (χ1v) is 3.14. The molecule has 0 atom stereocenters. The number of hydrogen-bond acceptors (Lipinski definition) is 0. The van der Waals surface area contributed by atoms with E-state index in [9.17, 15) is 0 Å². The van der Waals surface area contributed by atoms with E-state index in [1.54, 1.807) is 0 Å². The van der Waals surface area contributed by atoms with Crippen LogP contribution in [0.3, 0.4) is 0 Å². The first kappa shape index (κ1) is 6.27. The molecule has 1 aliphatic rings. The maximum atomic E-state index is 2.26. The summed E-state index contributed by atoms with van der Waals surface area (Å²) in [5, 5.41) is 0.